The zero-order valence-electron chi connectivity index (χ0n) is 12.3. The maximum absolute atomic E-state index is 11.4. The first-order chi connectivity index (χ1) is 9.59. The maximum Gasteiger partial charge on any atom is 0.310 e. The molecule has 1 heterocycles. The minimum atomic E-state index is -0.658. The highest BCUT2D eigenvalue weighted by molar-refractivity contribution is 5.75. The van der Waals surface area contributed by atoms with Crippen LogP contribution in [0.2, 0.25) is 0 Å². The smallest absolute Gasteiger partial charge is 0.310 e. The van der Waals surface area contributed by atoms with Crippen LogP contribution in [0.1, 0.15) is 32.3 Å². The van der Waals surface area contributed by atoms with Crippen LogP contribution in [0.3, 0.4) is 0 Å². The minimum absolute atomic E-state index is 0.550. The van der Waals surface area contributed by atoms with E-state index in [0.717, 1.165) is 25.3 Å². The third-order valence-corrected chi connectivity index (χ3v) is 4.20. The summed E-state index contributed by atoms with van der Waals surface area (Å²) < 4.78 is 5.42. The van der Waals surface area contributed by atoms with Gasteiger partial charge < -0.3 is 9.84 Å². The van der Waals surface area contributed by atoms with Gasteiger partial charge in [0.2, 0.25) is 0 Å². The first kappa shape index (κ1) is 14.9. The second kappa shape index (κ2) is 6.27. The summed E-state index contributed by atoms with van der Waals surface area (Å²) in [6.45, 7) is 6.91. The van der Waals surface area contributed by atoms with E-state index >= 15 is 0 Å². The van der Waals surface area contributed by atoms with Crippen LogP contribution < -0.4 is 4.74 Å². The Morgan fingerprint density at radius 3 is 2.55 bits per heavy atom. The Balaban J connectivity index is 1.96. The van der Waals surface area contributed by atoms with Crippen LogP contribution in [0.4, 0.5) is 0 Å². The standard InChI is InChI=1S/C16H23NO3/c1-3-16(15(18)19)9-10-17(12-16)11-13-5-7-14(8-6-13)20-4-2/h5-8H,3-4,9-12H2,1-2H3,(H,18,19). The number of hydrogen-bond donors (Lipinski definition) is 1. The van der Waals surface area contributed by atoms with Crippen LogP contribution in [0.15, 0.2) is 24.3 Å². The predicted molar refractivity (Wildman–Crippen MR) is 77.9 cm³/mol. The van der Waals surface area contributed by atoms with Gasteiger partial charge in [-0.15, -0.1) is 0 Å². The van der Waals surface area contributed by atoms with Gasteiger partial charge in [-0.1, -0.05) is 19.1 Å². The van der Waals surface area contributed by atoms with Crippen molar-refractivity contribution in [1.29, 1.82) is 0 Å². The number of aliphatic carboxylic acids is 1. The van der Waals surface area contributed by atoms with Gasteiger partial charge in [0.25, 0.3) is 0 Å². The summed E-state index contributed by atoms with van der Waals surface area (Å²) in [5.74, 6) is 0.223. The average molecular weight is 277 g/mol. The summed E-state index contributed by atoms with van der Waals surface area (Å²) in [6.07, 6.45) is 1.44. The molecule has 1 aliphatic rings. The Morgan fingerprint density at radius 1 is 1.35 bits per heavy atom. The second-order valence-electron chi connectivity index (χ2n) is 5.48. The summed E-state index contributed by atoms with van der Waals surface area (Å²) in [4.78, 5) is 13.7. The van der Waals surface area contributed by atoms with Gasteiger partial charge in [0.1, 0.15) is 5.75 Å². The Labute approximate surface area is 120 Å². The lowest BCUT2D eigenvalue weighted by Gasteiger charge is -2.23. The molecule has 0 bridgehead atoms. The molecule has 20 heavy (non-hydrogen) atoms. The topological polar surface area (TPSA) is 49.8 Å². The summed E-state index contributed by atoms with van der Waals surface area (Å²) >= 11 is 0. The van der Waals surface area contributed by atoms with E-state index in [1.807, 2.05) is 26.0 Å². The van der Waals surface area contributed by atoms with Gasteiger partial charge in [0.05, 0.1) is 12.0 Å². The first-order valence-electron chi connectivity index (χ1n) is 7.27. The molecular formula is C16H23NO3. The second-order valence-corrected chi connectivity index (χ2v) is 5.48. The van der Waals surface area contributed by atoms with E-state index in [9.17, 15) is 9.90 Å². The Morgan fingerprint density at radius 2 is 2.05 bits per heavy atom. The van der Waals surface area contributed by atoms with E-state index in [0.29, 0.717) is 19.6 Å². The van der Waals surface area contributed by atoms with E-state index in [2.05, 4.69) is 17.0 Å². The van der Waals surface area contributed by atoms with Crippen molar-refractivity contribution in [3.8, 4) is 5.75 Å². The van der Waals surface area contributed by atoms with E-state index in [1.54, 1.807) is 0 Å². The van der Waals surface area contributed by atoms with Gasteiger partial charge in [-0.05, 0) is 44.0 Å². The summed E-state index contributed by atoms with van der Waals surface area (Å²) in [5.41, 5.74) is 0.649. The molecule has 1 fully saturated rings. The van der Waals surface area contributed by atoms with Gasteiger partial charge >= 0.3 is 5.97 Å². The Bertz CT molecular complexity index is 457. The van der Waals surface area contributed by atoms with Crippen molar-refractivity contribution >= 4 is 5.97 Å². The van der Waals surface area contributed by atoms with Crippen LogP contribution in [0.25, 0.3) is 0 Å². The highest BCUT2D eigenvalue weighted by atomic mass is 16.5. The molecule has 1 saturated heterocycles. The Hall–Kier alpha value is -1.55. The van der Waals surface area contributed by atoms with Gasteiger partial charge in [-0.25, -0.2) is 0 Å². The Kier molecular flexibility index (Phi) is 4.65. The molecular weight excluding hydrogens is 254 g/mol. The molecule has 2 rings (SSSR count). The lowest BCUT2D eigenvalue weighted by atomic mass is 9.84. The lowest BCUT2D eigenvalue weighted by molar-refractivity contribution is -0.148. The highest BCUT2D eigenvalue weighted by Crippen LogP contribution is 2.34. The van der Waals surface area contributed by atoms with Gasteiger partial charge in [0, 0.05) is 13.1 Å². The largest absolute Gasteiger partial charge is 0.494 e. The first-order valence-corrected chi connectivity index (χ1v) is 7.27. The molecule has 110 valence electrons. The molecule has 4 nitrogen and oxygen atoms in total. The maximum atomic E-state index is 11.4. The van der Waals surface area contributed by atoms with Gasteiger partial charge in [0.15, 0.2) is 0 Å². The molecule has 1 aliphatic heterocycles. The number of nitrogens with zero attached hydrogens (tertiary/aromatic N) is 1. The van der Waals surface area contributed by atoms with Crippen molar-refractivity contribution in [3.63, 3.8) is 0 Å². The number of carbonyl (C=O) groups is 1. The van der Waals surface area contributed by atoms with Crippen molar-refractivity contribution in [3.05, 3.63) is 29.8 Å². The highest BCUT2D eigenvalue weighted by Gasteiger charge is 2.42. The SMILES string of the molecule is CCOc1ccc(CN2CCC(CC)(C(=O)O)C2)cc1. The molecule has 0 aromatic heterocycles. The number of hydrogen-bond acceptors (Lipinski definition) is 3. The van der Waals surface area contributed by atoms with E-state index in [4.69, 9.17) is 4.74 Å². The molecule has 4 heteroatoms. The molecule has 0 spiro atoms. The molecule has 1 N–H and O–H groups in total. The zero-order valence-corrected chi connectivity index (χ0v) is 12.3. The molecule has 0 saturated carbocycles. The van der Waals surface area contributed by atoms with Crippen LogP contribution in [-0.4, -0.2) is 35.7 Å². The number of likely N-dealkylation sites (tertiary alicyclic amines) is 1. The fourth-order valence-electron chi connectivity index (χ4n) is 2.82. The third kappa shape index (κ3) is 3.12. The van der Waals surface area contributed by atoms with Crippen LogP contribution in [-0.2, 0) is 11.3 Å². The number of carboxylic acids is 1. The van der Waals surface area contributed by atoms with Crippen molar-refractivity contribution in [1.82, 2.24) is 4.90 Å². The quantitative estimate of drug-likeness (QED) is 0.868. The van der Waals surface area contributed by atoms with Gasteiger partial charge in [-0.2, -0.15) is 0 Å². The normalized spacial score (nSPS) is 22.9. The molecule has 0 amide bonds. The van der Waals surface area contributed by atoms with Crippen molar-refractivity contribution < 1.29 is 14.6 Å². The van der Waals surface area contributed by atoms with E-state index in [-0.39, 0.29) is 0 Å². The molecule has 1 aromatic rings. The van der Waals surface area contributed by atoms with Crippen LogP contribution >= 0.6 is 0 Å². The average Bonchev–Trinajstić information content (AvgIpc) is 2.86. The van der Waals surface area contributed by atoms with Crippen molar-refractivity contribution in [2.75, 3.05) is 19.7 Å². The van der Waals surface area contributed by atoms with E-state index < -0.39 is 11.4 Å². The molecule has 1 atom stereocenters. The predicted octanol–water partition coefficient (Wildman–Crippen LogP) is 2.77. The molecule has 1 unspecified atom stereocenters. The third-order valence-electron chi connectivity index (χ3n) is 4.20. The lowest BCUT2D eigenvalue weighted by Crippen LogP contribution is -2.33. The van der Waals surface area contributed by atoms with Crippen molar-refractivity contribution in [2.24, 2.45) is 5.41 Å². The van der Waals surface area contributed by atoms with Gasteiger partial charge in [-0.3, -0.25) is 9.69 Å². The number of rotatable bonds is 6. The fourth-order valence-corrected chi connectivity index (χ4v) is 2.82. The monoisotopic (exact) mass is 277 g/mol. The molecule has 0 radical (unpaired) electrons. The summed E-state index contributed by atoms with van der Waals surface area (Å²) in [7, 11) is 0. The van der Waals surface area contributed by atoms with Crippen LogP contribution in [0, 0.1) is 5.41 Å². The molecule has 1 aromatic carbocycles. The number of ether oxygens (including phenoxy) is 1. The van der Waals surface area contributed by atoms with Crippen LogP contribution in [0.5, 0.6) is 5.75 Å². The summed E-state index contributed by atoms with van der Waals surface area (Å²) in [6, 6.07) is 8.05. The molecule has 0 aliphatic carbocycles. The van der Waals surface area contributed by atoms with Crippen molar-refractivity contribution in [2.45, 2.75) is 33.2 Å². The van der Waals surface area contributed by atoms with E-state index in [1.165, 1.54) is 5.56 Å². The number of benzene rings is 1. The summed E-state index contributed by atoms with van der Waals surface area (Å²) in [5, 5.41) is 9.40. The minimum Gasteiger partial charge on any atom is -0.494 e. The number of carboxylic acid groups (broad SMARTS) is 1. The fraction of sp³-hybridized carbons (Fsp3) is 0.562. The zero-order chi connectivity index (χ0) is 14.6.